The Morgan fingerprint density at radius 3 is 2.19 bits per heavy atom. The van der Waals surface area contributed by atoms with Gasteiger partial charge in [-0.05, 0) is 30.5 Å². The van der Waals surface area contributed by atoms with Crippen LogP contribution in [0.1, 0.15) is 37.3 Å². The highest BCUT2D eigenvalue weighted by Crippen LogP contribution is 2.72. The number of benzene rings is 2. The fraction of sp³-hybridized carbons (Fsp3) is 0.381. The van der Waals surface area contributed by atoms with Crippen molar-refractivity contribution in [2.75, 3.05) is 4.90 Å². The van der Waals surface area contributed by atoms with E-state index in [0.717, 1.165) is 18.4 Å². The number of carbonyl (C=O) groups excluding carboxylic acids is 1. The van der Waals surface area contributed by atoms with Gasteiger partial charge in [0.1, 0.15) is 5.41 Å². The van der Waals surface area contributed by atoms with Crippen LogP contribution in [0.2, 0.25) is 0 Å². The van der Waals surface area contributed by atoms with Crippen molar-refractivity contribution in [2.45, 2.75) is 43.3 Å². The fourth-order valence-electron chi connectivity index (χ4n) is 5.25. The van der Waals surface area contributed by atoms with Crippen molar-refractivity contribution < 1.29 is 19.7 Å². The number of hydrogen-bond donors (Lipinski definition) is 2. The van der Waals surface area contributed by atoms with Gasteiger partial charge >= 0.3 is 0 Å². The minimum Gasteiger partial charge on any atom is -0.365 e. The number of aliphatic hydroxyl groups is 2. The van der Waals surface area contributed by atoms with Gasteiger partial charge in [0.15, 0.2) is 5.79 Å². The molecule has 1 saturated carbocycles. The van der Waals surface area contributed by atoms with E-state index in [1.807, 2.05) is 60.7 Å². The number of nitrogens with zero attached hydrogens (tertiary/aromatic N) is 1. The summed E-state index contributed by atoms with van der Waals surface area (Å²) in [6.45, 7) is 0. The van der Waals surface area contributed by atoms with E-state index >= 15 is 0 Å². The van der Waals surface area contributed by atoms with Crippen LogP contribution < -0.4 is 4.90 Å². The predicted molar refractivity (Wildman–Crippen MR) is 95.0 cm³/mol. The Morgan fingerprint density at radius 2 is 1.54 bits per heavy atom. The van der Waals surface area contributed by atoms with Crippen LogP contribution in [0.4, 0.5) is 5.69 Å². The predicted octanol–water partition coefficient (Wildman–Crippen LogP) is 2.74. The van der Waals surface area contributed by atoms with Crippen LogP contribution in [0.3, 0.4) is 0 Å². The minimum absolute atomic E-state index is 0.425. The second-order valence-electron chi connectivity index (χ2n) is 7.53. The number of ether oxygens (including phenoxy) is 1. The maximum atomic E-state index is 13.3. The maximum Gasteiger partial charge on any atom is 0.288 e. The van der Waals surface area contributed by atoms with Crippen molar-refractivity contribution in [2.24, 2.45) is 5.41 Å². The van der Waals surface area contributed by atoms with Gasteiger partial charge in [0, 0.05) is 12.1 Å². The Balaban J connectivity index is 1.75. The Bertz CT molecular complexity index is 857. The average molecular weight is 351 g/mol. The largest absolute Gasteiger partial charge is 0.365 e. The summed E-state index contributed by atoms with van der Waals surface area (Å²) >= 11 is 0. The summed E-state index contributed by atoms with van der Waals surface area (Å²) in [7, 11) is 0. The number of carbonyl (C=O) groups is 1. The van der Waals surface area contributed by atoms with Crippen LogP contribution >= 0.6 is 0 Å². The van der Waals surface area contributed by atoms with Crippen molar-refractivity contribution in [1.29, 1.82) is 0 Å². The second-order valence-corrected chi connectivity index (χ2v) is 7.53. The quantitative estimate of drug-likeness (QED) is 0.873. The van der Waals surface area contributed by atoms with Crippen LogP contribution in [0.15, 0.2) is 60.7 Å². The van der Waals surface area contributed by atoms with Gasteiger partial charge in [-0.25, -0.2) is 0 Å². The molecule has 0 bridgehead atoms. The summed E-state index contributed by atoms with van der Waals surface area (Å²) in [5, 5.41) is 22.5. The number of rotatable bonds is 2. The first-order valence-electron chi connectivity index (χ1n) is 9.12. The molecule has 26 heavy (non-hydrogen) atoms. The zero-order valence-corrected chi connectivity index (χ0v) is 14.3. The van der Waals surface area contributed by atoms with Crippen LogP contribution in [-0.2, 0) is 9.53 Å². The molecule has 4 unspecified atom stereocenters. The Labute approximate surface area is 151 Å². The molecular weight excluding hydrogens is 330 g/mol. The molecule has 3 fully saturated rings. The Hall–Kier alpha value is -2.21. The molecule has 2 aromatic carbocycles. The van der Waals surface area contributed by atoms with Gasteiger partial charge < -0.3 is 14.9 Å². The standard InChI is InChI=1S/C21H21NO4/c23-18-21(25)19(13-7-8-14-20(19,24)26-21)17(15-9-3-1-4-10-15)22(18)16-11-5-2-6-12-16/h1-6,9-12,17,24-25H,7-8,13-14H2. The fourth-order valence-corrected chi connectivity index (χ4v) is 5.25. The SMILES string of the molecule is O=C1N(c2ccccc2)C(c2ccccc2)C23CCCCC2(O)OC13O. The van der Waals surface area contributed by atoms with E-state index in [9.17, 15) is 15.0 Å². The lowest BCUT2D eigenvalue weighted by atomic mass is 9.56. The molecule has 2 heterocycles. The maximum absolute atomic E-state index is 13.3. The van der Waals surface area contributed by atoms with Gasteiger partial charge in [-0.1, -0.05) is 55.0 Å². The van der Waals surface area contributed by atoms with E-state index in [-0.39, 0.29) is 0 Å². The lowest BCUT2D eigenvalue weighted by Gasteiger charge is -2.64. The molecule has 2 saturated heterocycles. The molecule has 2 N–H and O–H groups in total. The summed E-state index contributed by atoms with van der Waals surface area (Å²) in [4.78, 5) is 14.9. The van der Waals surface area contributed by atoms with Crippen LogP contribution in [0, 0.1) is 5.41 Å². The molecule has 5 rings (SSSR count). The minimum atomic E-state index is -1.99. The molecule has 1 spiro atoms. The molecule has 134 valence electrons. The van der Waals surface area contributed by atoms with Crippen LogP contribution in [0.5, 0.6) is 0 Å². The van der Waals surface area contributed by atoms with E-state index < -0.39 is 28.9 Å². The van der Waals surface area contributed by atoms with Gasteiger partial charge in [0.2, 0.25) is 0 Å². The molecule has 2 aromatic rings. The summed E-state index contributed by atoms with van der Waals surface area (Å²) in [6, 6.07) is 18.5. The Kier molecular flexibility index (Phi) is 3.18. The van der Waals surface area contributed by atoms with Gasteiger partial charge in [0.05, 0.1) is 6.04 Å². The number of hydrogen-bond acceptors (Lipinski definition) is 4. The summed E-state index contributed by atoms with van der Waals surface area (Å²) in [6.07, 6.45) is 2.62. The molecule has 5 heteroatoms. The monoisotopic (exact) mass is 351 g/mol. The van der Waals surface area contributed by atoms with Crippen molar-refractivity contribution in [3.63, 3.8) is 0 Å². The lowest BCUT2D eigenvalue weighted by molar-refractivity contribution is -0.505. The second kappa shape index (κ2) is 5.16. The highest BCUT2D eigenvalue weighted by atomic mass is 16.8. The van der Waals surface area contributed by atoms with E-state index in [2.05, 4.69) is 0 Å². The van der Waals surface area contributed by atoms with E-state index in [1.165, 1.54) is 0 Å². The highest BCUT2D eigenvalue weighted by Gasteiger charge is 2.87. The van der Waals surface area contributed by atoms with Crippen molar-refractivity contribution in [3.05, 3.63) is 66.2 Å². The van der Waals surface area contributed by atoms with E-state index in [1.54, 1.807) is 4.90 Å². The molecule has 4 atom stereocenters. The summed E-state index contributed by atoms with van der Waals surface area (Å²) < 4.78 is 5.57. The normalized spacial score (nSPS) is 38.5. The smallest absolute Gasteiger partial charge is 0.288 e. The van der Waals surface area contributed by atoms with Gasteiger partial charge in [-0.15, -0.1) is 0 Å². The molecule has 5 nitrogen and oxygen atoms in total. The van der Waals surface area contributed by atoms with E-state index in [0.29, 0.717) is 18.5 Å². The highest BCUT2D eigenvalue weighted by molar-refractivity contribution is 6.04. The molecule has 0 aromatic heterocycles. The van der Waals surface area contributed by atoms with Crippen molar-refractivity contribution in [1.82, 2.24) is 0 Å². The molecule has 1 aliphatic carbocycles. The van der Waals surface area contributed by atoms with Gasteiger partial charge in [0.25, 0.3) is 11.7 Å². The average Bonchev–Trinajstić information content (AvgIpc) is 2.81. The Morgan fingerprint density at radius 1 is 0.923 bits per heavy atom. The molecule has 2 aliphatic heterocycles. The first-order chi connectivity index (χ1) is 12.5. The van der Waals surface area contributed by atoms with Crippen molar-refractivity contribution >= 4 is 11.6 Å². The summed E-state index contributed by atoms with van der Waals surface area (Å²) in [5.74, 6) is -3.97. The molecule has 3 aliphatic rings. The molecule has 0 radical (unpaired) electrons. The topological polar surface area (TPSA) is 70.0 Å². The van der Waals surface area contributed by atoms with Crippen LogP contribution in [-0.4, -0.2) is 27.7 Å². The van der Waals surface area contributed by atoms with Gasteiger partial charge in [-0.3, -0.25) is 9.69 Å². The number of amides is 1. The first-order valence-corrected chi connectivity index (χ1v) is 9.12. The van der Waals surface area contributed by atoms with Gasteiger partial charge in [-0.2, -0.15) is 0 Å². The van der Waals surface area contributed by atoms with E-state index in [4.69, 9.17) is 4.74 Å². The lowest BCUT2D eigenvalue weighted by Crippen LogP contribution is -2.78. The number of para-hydroxylation sites is 1. The molecular formula is C21H21NO4. The molecule has 1 amide bonds. The first kappa shape index (κ1) is 16.0. The third-order valence-corrected chi connectivity index (χ3v) is 6.34. The number of anilines is 1. The zero-order chi connectivity index (χ0) is 18.0. The zero-order valence-electron chi connectivity index (χ0n) is 14.3. The summed E-state index contributed by atoms with van der Waals surface area (Å²) in [5.41, 5.74) is 0.524. The van der Waals surface area contributed by atoms with Crippen LogP contribution in [0.25, 0.3) is 0 Å². The third kappa shape index (κ3) is 1.68. The van der Waals surface area contributed by atoms with Crippen molar-refractivity contribution in [3.8, 4) is 0 Å². The third-order valence-electron chi connectivity index (χ3n) is 6.34.